The van der Waals surface area contributed by atoms with Gasteiger partial charge in [-0.05, 0) is 39.5 Å². The monoisotopic (exact) mass is 981 g/mol. The number of hydrogen-bond donors (Lipinski definition) is 13. The molecule has 0 spiro atoms. The first-order valence-electron chi connectivity index (χ1n) is 24.0. The van der Waals surface area contributed by atoms with Crippen molar-refractivity contribution < 1.29 is 84.7 Å². The Morgan fingerprint density at radius 1 is 0.725 bits per heavy atom. The average molecular weight is 981 g/mol. The number of hydrogen-bond acceptors (Lipinski definition) is 18. The van der Waals surface area contributed by atoms with Crippen LogP contribution in [0.15, 0.2) is 85.1 Å². The summed E-state index contributed by atoms with van der Waals surface area (Å²) in [5.74, 6) is -5.13. The second kappa shape index (κ2) is 30.4. The summed E-state index contributed by atoms with van der Waals surface area (Å²) in [4.78, 5) is 26.3. The lowest BCUT2D eigenvalue weighted by Gasteiger charge is -2.44. The molecule has 18 atom stereocenters. The lowest BCUT2D eigenvalue weighted by molar-refractivity contribution is -0.295. The lowest BCUT2D eigenvalue weighted by atomic mass is 9.84. The number of fused-ring (bicyclic) bond motifs is 2. The minimum absolute atomic E-state index is 0.00961. The average Bonchev–Trinajstić information content (AvgIpc) is 3.29. The fourth-order valence-corrected chi connectivity index (χ4v) is 8.32. The van der Waals surface area contributed by atoms with Crippen molar-refractivity contribution in [3.8, 4) is 0 Å². The molecule has 3 rings (SSSR count). The highest BCUT2D eigenvalue weighted by Crippen LogP contribution is 2.38. The van der Waals surface area contributed by atoms with Gasteiger partial charge in [-0.3, -0.25) is 9.59 Å². The number of amides is 1. The van der Waals surface area contributed by atoms with Crippen molar-refractivity contribution in [2.45, 2.75) is 183 Å². The number of nitrogens with two attached hydrogens (primary N) is 1. The SMILES string of the molecule is CC1OC(OC2/C=C/C=C/C=C/C=C/C=C/C=C/C=C/[C@H](C)[C@@H](O)[C@@H](C)[C@H](C)OC(=O)C[C@H](O)C[C@H](O)CC[C@@H](O)[C@H](O)C[C@H](O)C[C@]3(O)CC[C@@H](C(=O)NC(CO)CO)[C@H](C2)O3)C(O)C(N)C1O. The highest BCUT2D eigenvalue weighted by atomic mass is 16.7. The summed E-state index contributed by atoms with van der Waals surface area (Å²) in [6.45, 7) is 5.66. The number of aliphatic hydroxyl groups excluding tert-OH is 10. The smallest absolute Gasteiger partial charge is 0.308 e. The number of carbonyl (C=O) groups is 2. The van der Waals surface area contributed by atoms with Gasteiger partial charge in [0.1, 0.15) is 12.2 Å². The normalized spacial score (nSPS) is 42.5. The molecule has 0 saturated carbocycles. The van der Waals surface area contributed by atoms with Crippen LogP contribution in [0.2, 0.25) is 0 Å². The van der Waals surface area contributed by atoms with Crippen LogP contribution in [0.25, 0.3) is 0 Å². The summed E-state index contributed by atoms with van der Waals surface area (Å²) in [6.07, 6.45) is 7.17. The van der Waals surface area contributed by atoms with Crippen LogP contribution in [0.3, 0.4) is 0 Å². The molecule has 3 heterocycles. The van der Waals surface area contributed by atoms with Gasteiger partial charge in [0.15, 0.2) is 12.1 Å². The Kier molecular flexibility index (Phi) is 26.4. The maximum atomic E-state index is 13.7. The Hall–Kier alpha value is -3.48. The quantitative estimate of drug-likeness (QED) is 0.157. The lowest BCUT2D eigenvalue weighted by Crippen LogP contribution is -2.61. The molecule has 2 fully saturated rings. The summed E-state index contributed by atoms with van der Waals surface area (Å²) >= 11 is 0. The number of allylic oxidation sites excluding steroid dienone is 12. The van der Waals surface area contributed by atoms with E-state index >= 15 is 0 Å². The van der Waals surface area contributed by atoms with Gasteiger partial charge in [0.05, 0.1) is 98.7 Å². The standard InChI is InChI=1S/C50H80N2O17/c1-30-17-15-13-11-9-7-5-6-8-10-12-14-16-18-38(68-49-47(63)44(51)46(62)33(4)67-49)26-42-39(48(64)52-34(28-53)29-54)21-22-50(65,69-42)27-37(57)24-41(59)40(58)20-19-35(55)23-36(56)25-43(60)66-32(3)31(2)45(30)61/h5-18,30-42,44-47,49,53-59,61-63,65H,19-29,51H2,1-4H3,(H,52,64)/b6-5+,9-7+,10-8+,13-11+,14-12+,17-15+,18-16+/t30-,31-,32-,33?,35+,36+,37-,38?,39+,40+,41+,42-,44?,45+,46?,47?,49?,50-/m0/s1. The molecule has 3 aliphatic rings. The van der Waals surface area contributed by atoms with Crippen LogP contribution in [-0.2, 0) is 28.5 Å². The number of cyclic esters (lactones) is 1. The van der Waals surface area contributed by atoms with Gasteiger partial charge in [0, 0.05) is 37.5 Å². The van der Waals surface area contributed by atoms with Gasteiger partial charge in [-0.1, -0.05) is 98.9 Å². The number of nitrogens with one attached hydrogen (secondary N) is 1. The van der Waals surface area contributed by atoms with Crippen LogP contribution < -0.4 is 11.1 Å². The molecular weight excluding hydrogens is 901 g/mol. The van der Waals surface area contributed by atoms with E-state index in [1.165, 1.54) is 0 Å². The van der Waals surface area contributed by atoms with Crippen molar-refractivity contribution >= 4 is 11.9 Å². The van der Waals surface area contributed by atoms with Crippen molar-refractivity contribution in [3.63, 3.8) is 0 Å². The van der Waals surface area contributed by atoms with Gasteiger partial charge in [0.25, 0.3) is 0 Å². The Bertz CT molecular complexity index is 1740. The predicted octanol–water partition coefficient (Wildman–Crippen LogP) is 0.126. The van der Waals surface area contributed by atoms with Gasteiger partial charge in [-0.25, -0.2) is 0 Å². The summed E-state index contributed by atoms with van der Waals surface area (Å²) < 4.78 is 23.7. The molecule has 19 heteroatoms. The van der Waals surface area contributed by atoms with Gasteiger partial charge >= 0.3 is 5.97 Å². The molecule has 0 aromatic rings. The van der Waals surface area contributed by atoms with Gasteiger partial charge in [-0.15, -0.1) is 0 Å². The molecular formula is C50H80N2O17. The molecule has 2 bridgehead atoms. The summed E-state index contributed by atoms with van der Waals surface area (Å²) in [7, 11) is 0. The third kappa shape index (κ3) is 20.6. The first-order valence-corrected chi connectivity index (χ1v) is 24.0. The summed E-state index contributed by atoms with van der Waals surface area (Å²) in [6, 6.07) is -2.13. The van der Waals surface area contributed by atoms with E-state index in [9.17, 15) is 65.8 Å². The fraction of sp³-hybridized carbons (Fsp3) is 0.680. The van der Waals surface area contributed by atoms with E-state index in [1.807, 2.05) is 37.3 Å². The highest BCUT2D eigenvalue weighted by Gasteiger charge is 2.47. The van der Waals surface area contributed by atoms with E-state index in [2.05, 4.69) is 5.32 Å². The minimum atomic E-state index is -2.08. The molecule has 19 nitrogen and oxygen atoms in total. The third-order valence-electron chi connectivity index (χ3n) is 12.8. The van der Waals surface area contributed by atoms with Gasteiger partial charge in [0.2, 0.25) is 5.91 Å². The molecule has 2 saturated heterocycles. The number of aliphatic hydroxyl groups is 11. The number of carbonyl (C=O) groups excluding carboxylic acids is 2. The molecule has 14 N–H and O–H groups in total. The first-order chi connectivity index (χ1) is 32.7. The predicted molar refractivity (Wildman–Crippen MR) is 254 cm³/mol. The van der Waals surface area contributed by atoms with Gasteiger partial charge in [-0.2, -0.15) is 0 Å². The minimum Gasteiger partial charge on any atom is -0.462 e. The molecule has 0 aliphatic carbocycles. The van der Waals surface area contributed by atoms with Crippen LogP contribution in [0, 0.1) is 17.8 Å². The second-order valence-electron chi connectivity index (χ2n) is 18.6. The van der Waals surface area contributed by atoms with Crippen molar-refractivity contribution in [1.29, 1.82) is 0 Å². The summed E-state index contributed by atoms with van der Waals surface area (Å²) in [5.41, 5.74) is 6.09. The van der Waals surface area contributed by atoms with Crippen LogP contribution in [0.1, 0.15) is 85.5 Å². The molecule has 69 heavy (non-hydrogen) atoms. The van der Waals surface area contributed by atoms with E-state index in [-0.39, 0.29) is 44.4 Å². The van der Waals surface area contributed by atoms with Crippen molar-refractivity contribution in [1.82, 2.24) is 5.32 Å². The molecule has 0 aromatic carbocycles. The fourth-order valence-electron chi connectivity index (χ4n) is 8.32. The van der Waals surface area contributed by atoms with Crippen LogP contribution in [0.4, 0.5) is 0 Å². The molecule has 3 aliphatic heterocycles. The van der Waals surface area contributed by atoms with Crippen LogP contribution in [-0.4, -0.2) is 179 Å². The maximum absolute atomic E-state index is 13.7. The number of rotatable bonds is 6. The van der Waals surface area contributed by atoms with Crippen molar-refractivity contribution in [2.24, 2.45) is 23.5 Å². The van der Waals surface area contributed by atoms with E-state index in [4.69, 9.17) is 24.7 Å². The Labute approximate surface area is 405 Å². The maximum Gasteiger partial charge on any atom is 0.308 e. The van der Waals surface area contributed by atoms with Crippen molar-refractivity contribution in [2.75, 3.05) is 13.2 Å². The molecule has 392 valence electrons. The largest absolute Gasteiger partial charge is 0.462 e. The number of ether oxygens (including phenoxy) is 4. The van der Waals surface area contributed by atoms with Crippen LogP contribution >= 0.6 is 0 Å². The third-order valence-corrected chi connectivity index (χ3v) is 12.8. The molecule has 0 aromatic heterocycles. The molecule has 1 amide bonds. The van der Waals surface area contributed by atoms with E-state index < -0.39 is 154 Å². The van der Waals surface area contributed by atoms with Crippen molar-refractivity contribution in [3.05, 3.63) is 85.1 Å². The van der Waals surface area contributed by atoms with E-state index in [0.29, 0.717) is 0 Å². The Morgan fingerprint density at radius 2 is 1.30 bits per heavy atom. The van der Waals surface area contributed by atoms with Gasteiger partial charge < -0.3 is 86.2 Å². The topological polar surface area (TPSA) is 332 Å². The van der Waals surface area contributed by atoms with E-state index in [0.717, 1.165) is 0 Å². The summed E-state index contributed by atoms with van der Waals surface area (Å²) in [5, 5.41) is 120. The molecule has 6 unspecified atom stereocenters. The van der Waals surface area contributed by atoms with Crippen LogP contribution in [0.5, 0.6) is 0 Å². The van der Waals surface area contributed by atoms with E-state index in [1.54, 1.807) is 75.5 Å². The highest BCUT2D eigenvalue weighted by molar-refractivity contribution is 5.79. The zero-order valence-corrected chi connectivity index (χ0v) is 40.2. The molecule has 0 radical (unpaired) electrons. The first kappa shape index (κ1) is 59.8. The zero-order valence-electron chi connectivity index (χ0n) is 40.2. The Morgan fingerprint density at radius 3 is 1.90 bits per heavy atom. The second-order valence-corrected chi connectivity index (χ2v) is 18.6. The number of esters is 1. The zero-order chi connectivity index (χ0) is 51.3. The Balaban J connectivity index is 1.91.